The lowest BCUT2D eigenvalue weighted by molar-refractivity contribution is -0.129. The number of methoxy groups -OCH3 is 1. The van der Waals surface area contributed by atoms with Gasteiger partial charge in [-0.3, -0.25) is 14.5 Å². The summed E-state index contributed by atoms with van der Waals surface area (Å²) in [7, 11) is 1.58. The number of thioether (sulfide) groups is 1. The second-order valence-electron chi connectivity index (χ2n) is 6.82. The molecule has 1 aliphatic heterocycles. The number of rotatable bonds is 5. The molecule has 152 valence electrons. The second-order valence-corrected chi connectivity index (χ2v) is 7.99. The van der Waals surface area contributed by atoms with Gasteiger partial charge in [0.25, 0.3) is 0 Å². The molecule has 0 aliphatic carbocycles. The molecule has 2 aromatic carbocycles. The summed E-state index contributed by atoms with van der Waals surface area (Å²) in [4.78, 5) is 31.8. The Balaban J connectivity index is 1.85. The largest absolute Gasteiger partial charge is 0.494 e. The van der Waals surface area contributed by atoms with Gasteiger partial charge in [-0.25, -0.2) is 4.99 Å². The van der Waals surface area contributed by atoms with Crippen molar-refractivity contribution in [2.45, 2.75) is 32.4 Å². The third-order valence-corrected chi connectivity index (χ3v) is 5.88. The van der Waals surface area contributed by atoms with Gasteiger partial charge >= 0.3 is 0 Å². The summed E-state index contributed by atoms with van der Waals surface area (Å²) in [6.45, 7) is 6.35. The van der Waals surface area contributed by atoms with Crippen molar-refractivity contribution in [2.75, 3.05) is 19.0 Å². The number of amidine groups is 1. The summed E-state index contributed by atoms with van der Waals surface area (Å²) in [5, 5.41) is 2.92. The van der Waals surface area contributed by atoms with Gasteiger partial charge in [0, 0.05) is 18.7 Å². The highest BCUT2D eigenvalue weighted by molar-refractivity contribution is 8.15. The number of nitrogens with one attached hydrogen (secondary N) is 1. The van der Waals surface area contributed by atoms with Gasteiger partial charge in [0.05, 0.1) is 7.11 Å². The van der Waals surface area contributed by atoms with Crippen molar-refractivity contribution in [3.8, 4) is 5.75 Å². The number of carbonyl (C=O) groups is 2. The average Bonchev–Trinajstić information content (AvgIpc) is 2.70. The van der Waals surface area contributed by atoms with E-state index in [1.54, 1.807) is 12.0 Å². The fraction of sp³-hybridized carbons (Fsp3) is 0.318. The van der Waals surface area contributed by atoms with Gasteiger partial charge in [0.2, 0.25) is 11.8 Å². The number of carbonyl (C=O) groups excluding carboxylic acids is 2. The quantitative estimate of drug-likeness (QED) is 0.797. The van der Waals surface area contributed by atoms with E-state index < -0.39 is 5.25 Å². The Bertz CT molecular complexity index is 958. The molecule has 1 fully saturated rings. The lowest BCUT2D eigenvalue weighted by Crippen LogP contribution is -2.45. The number of aliphatic imine (C=N–C) groups is 1. The first-order valence-corrected chi connectivity index (χ1v) is 10.4. The number of benzene rings is 2. The number of anilines is 1. The van der Waals surface area contributed by atoms with Crippen LogP contribution in [-0.4, -0.2) is 40.8 Å². The molecule has 1 N–H and O–H groups in total. The molecular weight excluding hydrogens is 386 g/mol. The average molecular weight is 412 g/mol. The molecule has 1 saturated heterocycles. The van der Waals surface area contributed by atoms with Gasteiger partial charge in [-0.1, -0.05) is 41.6 Å². The van der Waals surface area contributed by atoms with Crippen LogP contribution in [0.5, 0.6) is 5.75 Å². The van der Waals surface area contributed by atoms with Crippen LogP contribution in [-0.2, 0) is 9.59 Å². The number of para-hydroxylation sites is 2. The SMILES string of the molecule is CCN1C(=O)CC(C(=O)Nc2ccc(C)cc2C)SC1=Nc1ccccc1OC. The van der Waals surface area contributed by atoms with Crippen molar-refractivity contribution < 1.29 is 14.3 Å². The Kier molecular flexibility index (Phi) is 6.59. The molecule has 2 amide bonds. The van der Waals surface area contributed by atoms with Crippen molar-refractivity contribution in [3.63, 3.8) is 0 Å². The minimum atomic E-state index is -0.542. The second kappa shape index (κ2) is 9.13. The summed E-state index contributed by atoms with van der Waals surface area (Å²) in [5.41, 5.74) is 3.50. The van der Waals surface area contributed by atoms with Crippen LogP contribution in [0, 0.1) is 13.8 Å². The molecule has 2 aromatic rings. The standard InChI is InChI=1S/C22H25N3O3S/c1-5-25-20(26)13-19(21(27)23-16-11-10-14(2)12-15(16)3)29-22(25)24-17-8-6-7-9-18(17)28-4/h6-12,19H,5,13H2,1-4H3,(H,23,27). The third-order valence-electron chi connectivity index (χ3n) is 4.69. The monoisotopic (exact) mass is 411 g/mol. The Morgan fingerprint density at radius 2 is 2.03 bits per heavy atom. The zero-order chi connectivity index (χ0) is 21.0. The van der Waals surface area contributed by atoms with E-state index in [1.807, 2.05) is 63.2 Å². The van der Waals surface area contributed by atoms with Gasteiger partial charge in [0.15, 0.2) is 5.17 Å². The highest BCUT2D eigenvalue weighted by Gasteiger charge is 2.35. The molecule has 0 spiro atoms. The van der Waals surface area contributed by atoms with E-state index in [2.05, 4.69) is 10.3 Å². The molecule has 1 unspecified atom stereocenters. The smallest absolute Gasteiger partial charge is 0.238 e. The van der Waals surface area contributed by atoms with E-state index in [4.69, 9.17) is 4.74 Å². The van der Waals surface area contributed by atoms with Crippen LogP contribution in [0.3, 0.4) is 0 Å². The van der Waals surface area contributed by atoms with Crippen LogP contribution in [0.25, 0.3) is 0 Å². The lowest BCUT2D eigenvalue weighted by Gasteiger charge is -2.31. The van der Waals surface area contributed by atoms with Gasteiger partial charge in [-0.2, -0.15) is 0 Å². The Morgan fingerprint density at radius 3 is 2.72 bits per heavy atom. The molecule has 0 saturated carbocycles. The molecule has 0 aromatic heterocycles. The minimum Gasteiger partial charge on any atom is -0.494 e. The Hall–Kier alpha value is -2.80. The fourth-order valence-electron chi connectivity index (χ4n) is 3.14. The minimum absolute atomic E-state index is 0.110. The first-order valence-electron chi connectivity index (χ1n) is 9.49. The highest BCUT2D eigenvalue weighted by Crippen LogP contribution is 2.33. The zero-order valence-corrected chi connectivity index (χ0v) is 17.9. The first-order chi connectivity index (χ1) is 13.9. The molecule has 1 aliphatic rings. The topological polar surface area (TPSA) is 71.0 Å². The summed E-state index contributed by atoms with van der Waals surface area (Å²) in [6.07, 6.45) is 0.139. The van der Waals surface area contributed by atoms with E-state index in [0.29, 0.717) is 23.1 Å². The maximum atomic E-state index is 12.9. The van der Waals surface area contributed by atoms with Crippen molar-refractivity contribution in [1.29, 1.82) is 0 Å². The first kappa shape index (κ1) is 20.9. The van der Waals surface area contributed by atoms with Crippen LogP contribution in [0.1, 0.15) is 24.5 Å². The highest BCUT2D eigenvalue weighted by atomic mass is 32.2. The number of hydrogen-bond donors (Lipinski definition) is 1. The zero-order valence-electron chi connectivity index (χ0n) is 17.1. The number of ether oxygens (including phenoxy) is 1. The summed E-state index contributed by atoms with van der Waals surface area (Å²) in [5.74, 6) is 0.311. The molecular formula is C22H25N3O3S. The Labute approximate surface area is 175 Å². The van der Waals surface area contributed by atoms with Crippen LogP contribution < -0.4 is 10.1 Å². The van der Waals surface area contributed by atoms with Crippen LogP contribution >= 0.6 is 11.8 Å². The van der Waals surface area contributed by atoms with Crippen LogP contribution in [0.2, 0.25) is 0 Å². The summed E-state index contributed by atoms with van der Waals surface area (Å²) >= 11 is 1.31. The van der Waals surface area contributed by atoms with Crippen molar-refractivity contribution in [3.05, 3.63) is 53.6 Å². The van der Waals surface area contributed by atoms with Crippen LogP contribution in [0.15, 0.2) is 47.5 Å². The third kappa shape index (κ3) is 4.79. The summed E-state index contributed by atoms with van der Waals surface area (Å²) in [6, 6.07) is 13.2. The van der Waals surface area contributed by atoms with Crippen molar-refractivity contribution >= 4 is 40.1 Å². The number of amides is 2. The van der Waals surface area contributed by atoms with Gasteiger partial charge in [0.1, 0.15) is 16.7 Å². The van der Waals surface area contributed by atoms with Gasteiger partial charge in [-0.15, -0.1) is 0 Å². The van der Waals surface area contributed by atoms with Gasteiger partial charge < -0.3 is 10.1 Å². The van der Waals surface area contributed by atoms with Crippen molar-refractivity contribution in [2.24, 2.45) is 4.99 Å². The van der Waals surface area contributed by atoms with E-state index >= 15 is 0 Å². The lowest BCUT2D eigenvalue weighted by atomic mass is 10.1. The number of hydrogen-bond acceptors (Lipinski definition) is 5. The van der Waals surface area contributed by atoms with Gasteiger partial charge in [-0.05, 0) is 44.5 Å². The van der Waals surface area contributed by atoms with E-state index in [1.165, 1.54) is 11.8 Å². The fourth-order valence-corrected chi connectivity index (χ4v) is 4.30. The van der Waals surface area contributed by atoms with Crippen molar-refractivity contribution in [1.82, 2.24) is 4.90 Å². The van der Waals surface area contributed by atoms with Crippen LogP contribution in [0.4, 0.5) is 11.4 Å². The summed E-state index contributed by atoms with van der Waals surface area (Å²) < 4.78 is 5.36. The molecule has 0 bridgehead atoms. The number of nitrogens with zero attached hydrogens (tertiary/aromatic N) is 2. The predicted molar refractivity (Wildman–Crippen MR) is 118 cm³/mol. The maximum Gasteiger partial charge on any atom is 0.238 e. The number of aryl methyl sites for hydroxylation is 2. The molecule has 3 rings (SSSR count). The maximum absolute atomic E-state index is 12.9. The van der Waals surface area contributed by atoms with E-state index in [9.17, 15) is 9.59 Å². The predicted octanol–water partition coefficient (Wildman–Crippen LogP) is 4.29. The normalized spacial score (nSPS) is 18.1. The molecule has 1 heterocycles. The van der Waals surface area contributed by atoms with E-state index in [0.717, 1.165) is 16.8 Å². The van der Waals surface area contributed by atoms with E-state index in [-0.39, 0.29) is 18.2 Å². The molecule has 1 atom stereocenters. The molecule has 29 heavy (non-hydrogen) atoms. The molecule has 0 radical (unpaired) electrons. The molecule has 6 nitrogen and oxygen atoms in total. The Morgan fingerprint density at radius 1 is 1.28 bits per heavy atom. The molecule has 7 heteroatoms.